The summed E-state index contributed by atoms with van der Waals surface area (Å²) in [6.45, 7) is 3.07. The maximum Gasteiger partial charge on any atom is 0.245 e. The van der Waals surface area contributed by atoms with Crippen LogP contribution >= 0.6 is 0 Å². The Hall–Kier alpha value is -1.67. The minimum Gasteiger partial charge on any atom is -0.398 e. The SMILES string of the molecule is CCC(C)(NS(=O)(=O)c1cnccc1N)C(N)=O. The van der Waals surface area contributed by atoms with Gasteiger partial charge in [-0.1, -0.05) is 6.92 Å². The van der Waals surface area contributed by atoms with Crippen molar-refractivity contribution in [2.24, 2.45) is 5.73 Å². The Kier molecular flexibility index (Phi) is 3.92. The van der Waals surface area contributed by atoms with Gasteiger partial charge in [-0.3, -0.25) is 9.78 Å². The van der Waals surface area contributed by atoms with E-state index < -0.39 is 21.5 Å². The van der Waals surface area contributed by atoms with Gasteiger partial charge in [0.15, 0.2) is 0 Å². The molecule has 0 saturated heterocycles. The third-order valence-electron chi connectivity index (χ3n) is 2.72. The lowest BCUT2D eigenvalue weighted by Crippen LogP contribution is -2.54. The fourth-order valence-electron chi connectivity index (χ4n) is 1.26. The Balaban J connectivity index is 3.18. The number of sulfonamides is 1. The summed E-state index contributed by atoms with van der Waals surface area (Å²) in [5, 5.41) is 0. The molecule has 0 spiro atoms. The summed E-state index contributed by atoms with van der Waals surface area (Å²) in [6.07, 6.45) is 2.72. The van der Waals surface area contributed by atoms with Gasteiger partial charge in [-0.15, -0.1) is 0 Å². The van der Waals surface area contributed by atoms with Crippen LogP contribution < -0.4 is 16.2 Å². The number of hydrogen-bond donors (Lipinski definition) is 3. The highest BCUT2D eigenvalue weighted by Crippen LogP contribution is 2.19. The summed E-state index contributed by atoms with van der Waals surface area (Å²) in [7, 11) is -3.94. The third-order valence-corrected chi connectivity index (χ3v) is 4.36. The average Bonchev–Trinajstić information content (AvgIpc) is 2.28. The average molecular weight is 272 g/mol. The number of pyridine rings is 1. The van der Waals surface area contributed by atoms with E-state index in [1.807, 2.05) is 0 Å². The molecule has 1 atom stereocenters. The molecule has 0 aromatic carbocycles. The van der Waals surface area contributed by atoms with Crippen molar-refractivity contribution in [1.29, 1.82) is 0 Å². The van der Waals surface area contributed by atoms with Crippen LogP contribution in [-0.4, -0.2) is 24.8 Å². The number of nitrogens with two attached hydrogens (primary N) is 2. The van der Waals surface area contributed by atoms with E-state index in [9.17, 15) is 13.2 Å². The summed E-state index contributed by atoms with van der Waals surface area (Å²) in [6, 6.07) is 1.36. The van der Waals surface area contributed by atoms with Gasteiger partial charge in [0.05, 0.1) is 5.69 Å². The highest BCUT2D eigenvalue weighted by atomic mass is 32.2. The number of primary amides is 1. The first-order valence-corrected chi connectivity index (χ1v) is 6.74. The third kappa shape index (κ3) is 2.77. The zero-order valence-electron chi connectivity index (χ0n) is 10.2. The van der Waals surface area contributed by atoms with Crippen molar-refractivity contribution >= 4 is 21.6 Å². The number of amides is 1. The molecule has 1 rings (SSSR count). The largest absolute Gasteiger partial charge is 0.398 e. The molecule has 0 saturated carbocycles. The van der Waals surface area contributed by atoms with Gasteiger partial charge in [-0.2, -0.15) is 4.72 Å². The fraction of sp³-hybridized carbons (Fsp3) is 0.400. The number of hydrogen-bond acceptors (Lipinski definition) is 5. The second kappa shape index (κ2) is 4.91. The first-order valence-electron chi connectivity index (χ1n) is 5.26. The zero-order valence-corrected chi connectivity index (χ0v) is 11.0. The van der Waals surface area contributed by atoms with E-state index in [1.54, 1.807) is 6.92 Å². The molecule has 0 aliphatic heterocycles. The summed E-state index contributed by atoms with van der Waals surface area (Å²) in [5.74, 6) is -0.754. The van der Waals surface area contributed by atoms with Crippen molar-refractivity contribution in [1.82, 2.24) is 9.71 Å². The molecule has 0 fully saturated rings. The summed E-state index contributed by atoms with van der Waals surface area (Å²) >= 11 is 0. The first kappa shape index (κ1) is 14.4. The van der Waals surface area contributed by atoms with Crippen LogP contribution in [0.25, 0.3) is 0 Å². The number of carbonyl (C=O) groups excluding carboxylic acids is 1. The minimum atomic E-state index is -3.94. The Bertz CT molecular complexity index is 558. The zero-order chi connectivity index (χ0) is 14.0. The van der Waals surface area contributed by atoms with Crippen molar-refractivity contribution in [3.63, 3.8) is 0 Å². The standard InChI is InChI=1S/C10H16N4O3S/c1-3-10(2,9(12)15)14-18(16,17)8-6-13-5-4-7(8)11/h4-6,14H,3H2,1-2H3,(H2,11,13)(H2,12,15). The highest BCUT2D eigenvalue weighted by molar-refractivity contribution is 7.89. The van der Waals surface area contributed by atoms with Gasteiger partial charge in [-0.05, 0) is 19.4 Å². The highest BCUT2D eigenvalue weighted by Gasteiger charge is 2.35. The topological polar surface area (TPSA) is 128 Å². The molecule has 5 N–H and O–H groups in total. The van der Waals surface area contributed by atoms with Crippen LogP contribution in [0.5, 0.6) is 0 Å². The lowest BCUT2D eigenvalue weighted by atomic mass is 10.0. The predicted octanol–water partition coefficient (Wildman–Crippen LogP) is -0.404. The van der Waals surface area contributed by atoms with Crippen molar-refractivity contribution in [3.8, 4) is 0 Å². The van der Waals surface area contributed by atoms with E-state index in [1.165, 1.54) is 19.2 Å². The van der Waals surface area contributed by atoms with Crippen LogP contribution in [0.2, 0.25) is 0 Å². The number of rotatable bonds is 5. The van der Waals surface area contributed by atoms with Gasteiger partial charge in [0.1, 0.15) is 10.4 Å². The molecule has 1 unspecified atom stereocenters. The predicted molar refractivity (Wildman–Crippen MR) is 66.9 cm³/mol. The Morgan fingerprint density at radius 1 is 1.56 bits per heavy atom. The molecule has 0 radical (unpaired) electrons. The number of nitrogen functional groups attached to an aromatic ring is 1. The molecule has 100 valence electrons. The molecule has 0 aliphatic rings. The Morgan fingerprint density at radius 2 is 2.17 bits per heavy atom. The van der Waals surface area contributed by atoms with Crippen molar-refractivity contribution in [2.75, 3.05) is 5.73 Å². The monoisotopic (exact) mass is 272 g/mol. The molecule has 1 amide bonds. The number of anilines is 1. The van der Waals surface area contributed by atoms with Crippen LogP contribution in [0.3, 0.4) is 0 Å². The molecular formula is C10H16N4O3S. The molecule has 18 heavy (non-hydrogen) atoms. The van der Waals surface area contributed by atoms with Gasteiger partial charge in [0.25, 0.3) is 0 Å². The number of aromatic nitrogens is 1. The molecule has 1 aromatic rings. The van der Waals surface area contributed by atoms with E-state index in [-0.39, 0.29) is 17.0 Å². The lowest BCUT2D eigenvalue weighted by Gasteiger charge is -2.25. The maximum atomic E-state index is 12.1. The Labute approximate surface area is 106 Å². The van der Waals surface area contributed by atoms with Crippen LogP contribution in [0.1, 0.15) is 20.3 Å². The molecular weight excluding hydrogens is 256 g/mol. The van der Waals surface area contributed by atoms with Crippen molar-refractivity contribution in [3.05, 3.63) is 18.5 Å². The minimum absolute atomic E-state index is 0.0559. The van der Waals surface area contributed by atoms with Gasteiger partial charge >= 0.3 is 0 Å². The van der Waals surface area contributed by atoms with Crippen molar-refractivity contribution in [2.45, 2.75) is 30.7 Å². The van der Waals surface area contributed by atoms with Crippen LogP contribution in [0, 0.1) is 0 Å². The second-order valence-electron chi connectivity index (χ2n) is 4.07. The number of nitrogens with zero attached hydrogens (tertiary/aromatic N) is 1. The van der Waals surface area contributed by atoms with Crippen LogP contribution in [-0.2, 0) is 14.8 Å². The smallest absolute Gasteiger partial charge is 0.245 e. The summed E-state index contributed by atoms with van der Waals surface area (Å²) < 4.78 is 26.4. The quantitative estimate of drug-likeness (QED) is 0.671. The first-order chi connectivity index (χ1) is 8.23. The summed E-state index contributed by atoms with van der Waals surface area (Å²) in [5.41, 5.74) is 9.46. The normalized spacial score (nSPS) is 15.0. The van der Waals surface area contributed by atoms with Crippen LogP contribution in [0.15, 0.2) is 23.4 Å². The van der Waals surface area contributed by atoms with E-state index >= 15 is 0 Å². The second-order valence-corrected chi connectivity index (χ2v) is 5.72. The molecule has 1 heterocycles. The van der Waals surface area contributed by atoms with Crippen molar-refractivity contribution < 1.29 is 13.2 Å². The molecule has 7 nitrogen and oxygen atoms in total. The molecule has 1 aromatic heterocycles. The van der Waals surface area contributed by atoms with Gasteiger partial charge in [0.2, 0.25) is 15.9 Å². The Morgan fingerprint density at radius 3 is 2.61 bits per heavy atom. The van der Waals surface area contributed by atoms with E-state index in [4.69, 9.17) is 11.5 Å². The maximum absolute atomic E-state index is 12.1. The molecule has 0 aliphatic carbocycles. The number of nitrogens with one attached hydrogen (secondary N) is 1. The van der Waals surface area contributed by atoms with E-state index in [0.717, 1.165) is 6.20 Å². The molecule has 0 bridgehead atoms. The van der Waals surface area contributed by atoms with Crippen LogP contribution in [0.4, 0.5) is 5.69 Å². The van der Waals surface area contributed by atoms with E-state index in [2.05, 4.69) is 9.71 Å². The molecule has 8 heteroatoms. The number of carbonyl (C=O) groups is 1. The lowest BCUT2D eigenvalue weighted by molar-refractivity contribution is -0.123. The van der Waals surface area contributed by atoms with Gasteiger partial charge < -0.3 is 11.5 Å². The van der Waals surface area contributed by atoms with Gasteiger partial charge in [0, 0.05) is 12.4 Å². The van der Waals surface area contributed by atoms with Gasteiger partial charge in [-0.25, -0.2) is 8.42 Å². The van der Waals surface area contributed by atoms with E-state index in [0.29, 0.717) is 0 Å². The fourth-order valence-corrected chi connectivity index (χ4v) is 2.79. The summed E-state index contributed by atoms with van der Waals surface area (Å²) in [4.78, 5) is 14.8.